The molecule has 1 amide bonds. The minimum Gasteiger partial charge on any atom is -0.342 e. The lowest BCUT2D eigenvalue weighted by Gasteiger charge is -2.30. The number of nitrogens with zero attached hydrogens (tertiary/aromatic N) is 6. The van der Waals surface area contributed by atoms with E-state index in [-0.39, 0.29) is 24.0 Å². The summed E-state index contributed by atoms with van der Waals surface area (Å²) >= 11 is 9.50. The van der Waals surface area contributed by atoms with Gasteiger partial charge in [0.25, 0.3) is 16.7 Å². The zero-order valence-electron chi connectivity index (χ0n) is 29.6. The molecule has 6 aromatic rings. The van der Waals surface area contributed by atoms with Crippen molar-refractivity contribution in [2.45, 2.75) is 70.1 Å². The van der Waals surface area contributed by atoms with Crippen molar-refractivity contribution in [1.29, 1.82) is 0 Å². The summed E-state index contributed by atoms with van der Waals surface area (Å²) < 4.78 is 5.83. The number of hydrogen-bond donors (Lipinski definition) is 1. The van der Waals surface area contributed by atoms with Crippen LogP contribution in [0.25, 0.3) is 26.8 Å². The molecular weight excluding hydrogens is 735 g/mol. The molecule has 6 heterocycles. The second kappa shape index (κ2) is 16.7. The van der Waals surface area contributed by atoms with Crippen LogP contribution in [0, 0.1) is 9.87 Å². The molecule has 4 aromatic heterocycles. The number of aromatic nitrogens is 6. The van der Waals surface area contributed by atoms with Crippen LogP contribution in [-0.4, -0.2) is 64.1 Å². The molecule has 0 bridgehead atoms. The molecule has 8 rings (SSSR count). The first-order valence-electron chi connectivity index (χ1n) is 17.5. The number of nitrogens with one attached hydrogen (secondary N) is 1. The van der Waals surface area contributed by atoms with E-state index in [1.54, 1.807) is 34.5 Å². The van der Waals surface area contributed by atoms with Crippen LogP contribution >= 0.6 is 47.1 Å². The molecule has 0 spiro atoms. The van der Waals surface area contributed by atoms with Crippen LogP contribution in [0.4, 0.5) is 0 Å². The summed E-state index contributed by atoms with van der Waals surface area (Å²) in [6, 6.07) is 17.0. The summed E-state index contributed by atoms with van der Waals surface area (Å²) in [5.41, 5.74) is 2.37. The van der Waals surface area contributed by atoms with E-state index < -0.39 is 0 Å². The third-order valence-corrected chi connectivity index (χ3v) is 12.5. The van der Waals surface area contributed by atoms with Crippen LogP contribution in [0.2, 0.25) is 0 Å². The summed E-state index contributed by atoms with van der Waals surface area (Å²) in [4.78, 5) is 62.6. The predicted molar refractivity (Wildman–Crippen MR) is 217 cm³/mol. The molecule has 1 fully saturated rings. The van der Waals surface area contributed by atoms with Crippen molar-refractivity contribution in [2.24, 2.45) is 5.92 Å². The minimum atomic E-state index is -0.315. The average molecular weight is 778 g/mol. The first-order chi connectivity index (χ1) is 25.2. The largest absolute Gasteiger partial charge is 0.342 e. The van der Waals surface area contributed by atoms with Crippen LogP contribution in [0.15, 0.2) is 79.0 Å². The first-order valence-corrected chi connectivity index (χ1v) is 20.7. The number of H-pyrrole nitrogens is 1. The topological polar surface area (TPSA) is 127 Å². The lowest BCUT2D eigenvalue weighted by molar-refractivity contribution is -0.129. The average Bonchev–Trinajstić information content (AvgIpc) is 3.78. The summed E-state index contributed by atoms with van der Waals surface area (Å²) in [6.07, 6.45) is 2.97. The number of thioether (sulfide) groups is 2. The number of benzene rings is 2. The summed E-state index contributed by atoms with van der Waals surface area (Å²) in [6.45, 7) is 11.0. The lowest BCUT2D eigenvalue weighted by atomic mass is 9.99. The third kappa shape index (κ3) is 7.68. The molecule has 2 aromatic carbocycles. The molecule has 0 radical (unpaired) electrons. The number of rotatable bonds is 6. The number of carbonyl (C=O) groups is 1. The fourth-order valence-corrected chi connectivity index (χ4v) is 9.56. The molecule has 0 unspecified atom stereocenters. The minimum absolute atomic E-state index is 0. The van der Waals surface area contributed by atoms with E-state index in [0.29, 0.717) is 60.6 Å². The highest BCUT2D eigenvalue weighted by atomic mass is 32.2. The van der Waals surface area contributed by atoms with Crippen LogP contribution < -0.4 is 16.7 Å². The van der Waals surface area contributed by atoms with E-state index in [4.69, 9.17) is 17.2 Å². The highest BCUT2D eigenvalue weighted by Crippen LogP contribution is 2.29. The molecule has 52 heavy (non-hydrogen) atoms. The zero-order valence-corrected chi connectivity index (χ0v) is 32.9. The van der Waals surface area contributed by atoms with Crippen molar-refractivity contribution in [3.8, 4) is 0 Å². The summed E-state index contributed by atoms with van der Waals surface area (Å²) in [5, 5.41) is 4.40. The Kier molecular flexibility index (Phi) is 12.1. The number of aromatic amines is 1. The Morgan fingerprint density at radius 2 is 1.65 bits per heavy atom. The number of aryl methyl sites for hydroxylation is 2. The Bertz CT molecular complexity index is 2490. The van der Waals surface area contributed by atoms with Gasteiger partial charge in [-0.15, -0.1) is 11.8 Å². The Hall–Kier alpha value is -4.05. The van der Waals surface area contributed by atoms with Gasteiger partial charge in [0, 0.05) is 38.6 Å². The molecule has 0 saturated carbocycles. The third-order valence-electron chi connectivity index (χ3n) is 9.02. The molecule has 2 aliphatic heterocycles. The van der Waals surface area contributed by atoms with Crippen molar-refractivity contribution < 1.29 is 6.22 Å². The number of carbonyl (C=O) groups excluding carboxylic acids is 1. The zero-order chi connectivity index (χ0) is 36.9. The van der Waals surface area contributed by atoms with Crippen LogP contribution in [0.5, 0.6) is 0 Å². The van der Waals surface area contributed by atoms with E-state index in [9.17, 15) is 19.2 Å². The number of likely N-dealkylation sites (tertiary alicyclic amines) is 1. The van der Waals surface area contributed by atoms with Gasteiger partial charge in [-0.2, -0.15) is 4.52 Å². The van der Waals surface area contributed by atoms with Gasteiger partial charge in [0.1, 0.15) is 4.70 Å². The van der Waals surface area contributed by atoms with E-state index in [0.717, 1.165) is 54.3 Å². The van der Waals surface area contributed by atoms with E-state index >= 15 is 0 Å². The van der Waals surface area contributed by atoms with Crippen molar-refractivity contribution in [2.75, 3.05) is 24.6 Å². The van der Waals surface area contributed by atoms with Gasteiger partial charge in [0.15, 0.2) is 20.4 Å². The first kappa shape index (κ1) is 37.7. The second-order valence-electron chi connectivity index (χ2n) is 12.3. The summed E-state index contributed by atoms with van der Waals surface area (Å²) in [5.74, 6) is 2.08. The molecule has 15 heteroatoms. The Balaban J connectivity index is 0.000000196. The molecule has 0 atom stereocenters. The van der Waals surface area contributed by atoms with Crippen molar-refractivity contribution in [3.05, 3.63) is 101 Å². The van der Waals surface area contributed by atoms with Crippen molar-refractivity contribution in [3.63, 3.8) is 0 Å². The highest BCUT2D eigenvalue weighted by molar-refractivity contribution is 8.00. The smallest absolute Gasteiger partial charge is 0.292 e. The van der Waals surface area contributed by atoms with Gasteiger partial charge in [-0.25, -0.2) is 9.97 Å². The molecule has 2 aliphatic rings. The maximum Gasteiger partial charge on any atom is 0.292 e. The number of piperidine rings is 1. The monoisotopic (exact) mass is 777 g/mol. The van der Waals surface area contributed by atoms with Crippen LogP contribution in [0.1, 0.15) is 53.2 Å². The van der Waals surface area contributed by atoms with Crippen molar-refractivity contribution >= 4 is 79.8 Å². The van der Waals surface area contributed by atoms with Gasteiger partial charge in [-0.05, 0) is 49.5 Å². The van der Waals surface area contributed by atoms with E-state index in [2.05, 4.69) is 17.0 Å². The quantitative estimate of drug-likeness (QED) is 0.0835. The fourth-order valence-electron chi connectivity index (χ4n) is 6.21. The Morgan fingerprint density at radius 1 is 0.962 bits per heavy atom. The normalized spacial score (nSPS) is 14.2. The highest BCUT2D eigenvalue weighted by Gasteiger charge is 2.24. The molecule has 1 saturated heterocycles. The molecule has 274 valence electrons. The van der Waals surface area contributed by atoms with Crippen molar-refractivity contribution in [1.82, 2.24) is 33.6 Å². The second-order valence-corrected chi connectivity index (χ2v) is 16.0. The van der Waals surface area contributed by atoms with E-state index in [1.807, 2.05) is 66.6 Å². The predicted octanol–water partition coefficient (Wildman–Crippen LogP) is 6.86. The number of fused-ring (bicyclic) bond motifs is 5. The van der Waals surface area contributed by atoms with Gasteiger partial charge >= 0.3 is 0 Å². The maximum atomic E-state index is 13.1. The fraction of sp³-hybridized carbons (Fsp3) is 0.378. The van der Waals surface area contributed by atoms with Gasteiger partial charge < -0.3 is 9.47 Å². The van der Waals surface area contributed by atoms with E-state index in [1.165, 1.54) is 27.6 Å². The van der Waals surface area contributed by atoms with Crippen LogP contribution in [-0.2, 0) is 24.3 Å². The molecule has 11 nitrogen and oxygen atoms in total. The Morgan fingerprint density at radius 3 is 2.37 bits per heavy atom. The standard InChI is InChI=1S/C21H25N3O2S2.C14H10N4O2S2.C2H6.H2/c1-15-7-10-23(11-8-15)18(25)14-28-21-22-17-9-12-27-19(17)20(26)24(21)13-16-5-3-2-4-6-16;1-2-17-11-9(22-14(17)21)13(20)18-10(15-11)7-5-3-4-6-8(7)12(19)16-18;1-2;/h2-6,15H,7-14H2,1H3;3-6H,2H2,1H3,(H,16,19);1-2H3;1H. The van der Waals surface area contributed by atoms with Gasteiger partial charge in [0.05, 0.1) is 28.3 Å². The molecule has 1 N–H and O–H groups in total. The Labute approximate surface area is 319 Å². The molecular formula is C37H43N7O4S4. The summed E-state index contributed by atoms with van der Waals surface area (Å²) in [7, 11) is 0. The van der Waals surface area contributed by atoms with Gasteiger partial charge in [0.2, 0.25) is 5.91 Å². The van der Waals surface area contributed by atoms with Gasteiger partial charge in [-0.1, -0.05) is 92.4 Å². The SMILES string of the molecule is CC.CC1CCN(C(=O)CSc2nc3c(c(=O)n2Cc2ccccc2)SCC3)CC1.CCn1c(=S)sc2c(=O)n3[nH]c(=O)c4ccccc4c3nc21.[HH]. The molecule has 0 aliphatic carbocycles. The number of thiazole rings is 1. The number of amides is 1. The van der Waals surface area contributed by atoms with Crippen LogP contribution in [0.3, 0.4) is 0 Å². The van der Waals surface area contributed by atoms with Gasteiger partial charge in [-0.3, -0.25) is 28.8 Å². The number of hydrogen-bond acceptors (Lipinski definition) is 10. The maximum absolute atomic E-state index is 13.1. The lowest BCUT2D eigenvalue weighted by Crippen LogP contribution is -2.39.